The van der Waals surface area contributed by atoms with Crippen molar-refractivity contribution < 1.29 is 14.2 Å². The van der Waals surface area contributed by atoms with Gasteiger partial charge >= 0.3 is 0 Å². The molecular weight excluding hydrogens is 476 g/mol. The number of piperidine rings is 1. The van der Waals surface area contributed by atoms with Crippen molar-refractivity contribution in [3.8, 4) is 23.0 Å². The van der Waals surface area contributed by atoms with Crippen molar-refractivity contribution in [2.24, 2.45) is 5.92 Å². The second-order valence-electron chi connectivity index (χ2n) is 8.99. The van der Waals surface area contributed by atoms with Crippen molar-refractivity contribution in [2.45, 2.75) is 12.8 Å². The van der Waals surface area contributed by atoms with Gasteiger partial charge in [-0.05, 0) is 75.3 Å². The number of ether oxygens (including phenoxy) is 3. The Morgan fingerprint density at radius 3 is 2.53 bits per heavy atom. The zero-order valence-electron chi connectivity index (χ0n) is 20.4. The van der Waals surface area contributed by atoms with Crippen molar-refractivity contribution >= 4 is 34.0 Å². The van der Waals surface area contributed by atoms with Gasteiger partial charge in [-0.25, -0.2) is 9.97 Å². The summed E-state index contributed by atoms with van der Waals surface area (Å²) in [6.45, 7) is 2.88. The molecule has 0 spiro atoms. The van der Waals surface area contributed by atoms with Gasteiger partial charge in [0.1, 0.15) is 23.6 Å². The predicted octanol–water partition coefficient (Wildman–Crippen LogP) is 6.55. The van der Waals surface area contributed by atoms with E-state index in [1.807, 2.05) is 60.7 Å². The monoisotopic (exact) mass is 504 g/mol. The van der Waals surface area contributed by atoms with Gasteiger partial charge in [-0.3, -0.25) is 0 Å². The molecule has 186 valence electrons. The average Bonchev–Trinajstić information content (AvgIpc) is 2.90. The molecule has 36 heavy (non-hydrogen) atoms. The van der Waals surface area contributed by atoms with Gasteiger partial charge < -0.3 is 24.4 Å². The molecule has 1 saturated heterocycles. The van der Waals surface area contributed by atoms with Crippen LogP contribution in [0.2, 0.25) is 5.02 Å². The van der Waals surface area contributed by atoms with Gasteiger partial charge in [0.15, 0.2) is 11.5 Å². The lowest BCUT2D eigenvalue weighted by molar-refractivity contribution is 0.157. The first-order valence-corrected chi connectivity index (χ1v) is 12.4. The fourth-order valence-corrected chi connectivity index (χ4v) is 4.51. The maximum absolute atomic E-state index is 6.50. The standard InChI is InChI=1S/C28H29ClN4O3/c1-33-12-10-19(11-13-33)17-35-27-16-24-22(15-26(27)34-2)28(31-18-30-24)32-20-8-9-25(23(29)14-20)36-21-6-4-3-5-7-21/h3-9,14-16,18-19H,10-13,17H2,1-2H3,(H,30,31,32). The highest BCUT2D eigenvalue weighted by Crippen LogP contribution is 2.37. The van der Waals surface area contributed by atoms with Crippen LogP contribution in [0.3, 0.4) is 0 Å². The summed E-state index contributed by atoms with van der Waals surface area (Å²) in [5.41, 5.74) is 1.55. The molecule has 0 atom stereocenters. The Morgan fingerprint density at radius 1 is 0.972 bits per heavy atom. The van der Waals surface area contributed by atoms with Crippen LogP contribution in [0.15, 0.2) is 67.0 Å². The molecule has 3 aromatic carbocycles. The maximum atomic E-state index is 6.50. The largest absolute Gasteiger partial charge is 0.493 e. The fourth-order valence-electron chi connectivity index (χ4n) is 4.29. The molecule has 1 aliphatic heterocycles. The zero-order valence-corrected chi connectivity index (χ0v) is 21.2. The number of rotatable bonds is 8. The number of nitrogens with zero attached hydrogens (tertiary/aromatic N) is 3. The second kappa shape index (κ2) is 11.0. The van der Waals surface area contributed by atoms with E-state index in [2.05, 4.69) is 27.2 Å². The lowest BCUT2D eigenvalue weighted by Gasteiger charge is -2.28. The van der Waals surface area contributed by atoms with E-state index < -0.39 is 0 Å². The molecule has 7 nitrogen and oxygen atoms in total. The Bertz CT molecular complexity index is 1330. The molecular formula is C28H29ClN4O3. The third kappa shape index (κ3) is 5.64. The highest BCUT2D eigenvalue weighted by Gasteiger charge is 2.19. The molecule has 1 fully saturated rings. The van der Waals surface area contributed by atoms with Crippen LogP contribution in [-0.2, 0) is 0 Å². The van der Waals surface area contributed by atoms with E-state index in [4.69, 9.17) is 25.8 Å². The molecule has 0 unspecified atom stereocenters. The minimum absolute atomic E-state index is 0.490. The van der Waals surface area contributed by atoms with Crippen molar-refractivity contribution in [1.82, 2.24) is 14.9 Å². The van der Waals surface area contributed by atoms with E-state index >= 15 is 0 Å². The smallest absolute Gasteiger partial charge is 0.163 e. The predicted molar refractivity (Wildman–Crippen MR) is 143 cm³/mol. The molecule has 4 aromatic rings. The molecule has 1 aliphatic rings. The number of hydrogen-bond acceptors (Lipinski definition) is 7. The number of nitrogens with one attached hydrogen (secondary N) is 1. The Balaban J connectivity index is 1.34. The Hall–Kier alpha value is -3.55. The summed E-state index contributed by atoms with van der Waals surface area (Å²) < 4.78 is 17.7. The number of likely N-dealkylation sites (tertiary alicyclic amines) is 1. The van der Waals surface area contributed by atoms with Crippen molar-refractivity contribution in [1.29, 1.82) is 0 Å². The summed E-state index contributed by atoms with van der Waals surface area (Å²) in [5.74, 6) is 3.84. The van der Waals surface area contributed by atoms with Crippen LogP contribution in [0, 0.1) is 5.92 Å². The van der Waals surface area contributed by atoms with Gasteiger partial charge in [0, 0.05) is 17.1 Å². The van der Waals surface area contributed by atoms with Crippen molar-refractivity contribution in [3.05, 3.63) is 72.0 Å². The molecule has 2 heterocycles. The minimum atomic E-state index is 0.490. The molecule has 8 heteroatoms. The maximum Gasteiger partial charge on any atom is 0.163 e. The minimum Gasteiger partial charge on any atom is -0.493 e. The summed E-state index contributed by atoms with van der Waals surface area (Å²) in [7, 11) is 3.81. The Kier molecular flexibility index (Phi) is 7.39. The molecule has 0 radical (unpaired) electrons. The number of hydrogen-bond donors (Lipinski definition) is 1. The van der Waals surface area contributed by atoms with E-state index in [1.165, 1.54) is 6.33 Å². The summed E-state index contributed by atoms with van der Waals surface area (Å²) in [6.07, 6.45) is 3.81. The summed E-state index contributed by atoms with van der Waals surface area (Å²) >= 11 is 6.50. The van der Waals surface area contributed by atoms with Gasteiger partial charge in [0.05, 0.1) is 24.3 Å². The van der Waals surface area contributed by atoms with E-state index in [0.717, 1.165) is 48.3 Å². The van der Waals surface area contributed by atoms with Crippen LogP contribution < -0.4 is 19.5 Å². The molecule has 0 bridgehead atoms. The Labute approximate surface area is 216 Å². The first kappa shape index (κ1) is 24.2. The summed E-state index contributed by atoms with van der Waals surface area (Å²) in [6, 6.07) is 18.9. The van der Waals surface area contributed by atoms with Crippen molar-refractivity contribution in [3.63, 3.8) is 0 Å². The number of halogens is 1. The normalized spacial score (nSPS) is 14.5. The third-order valence-electron chi connectivity index (χ3n) is 6.40. The molecule has 0 saturated carbocycles. The van der Waals surface area contributed by atoms with Gasteiger partial charge in [0.2, 0.25) is 0 Å². The topological polar surface area (TPSA) is 68.7 Å². The lowest BCUT2D eigenvalue weighted by Crippen LogP contribution is -2.32. The first-order chi connectivity index (χ1) is 17.6. The van der Waals surface area contributed by atoms with Gasteiger partial charge in [-0.2, -0.15) is 0 Å². The molecule has 0 aliphatic carbocycles. The highest BCUT2D eigenvalue weighted by atomic mass is 35.5. The van der Waals surface area contributed by atoms with E-state index in [-0.39, 0.29) is 0 Å². The molecule has 5 rings (SSSR count). The van der Waals surface area contributed by atoms with Crippen LogP contribution in [0.5, 0.6) is 23.0 Å². The summed E-state index contributed by atoms with van der Waals surface area (Å²) in [5, 5.41) is 4.66. The number of benzene rings is 3. The number of aromatic nitrogens is 2. The number of para-hydroxylation sites is 1. The van der Waals surface area contributed by atoms with E-state index in [1.54, 1.807) is 7.11 Å². The third-order valence-corrected chi connectivity index (χ3v) is 6.69. The second-order valence-corrected chi connectivity index (χ2v) is 9.39. The average molecular weight is 505 g/mol. The van der Waals surface area contributed by atoms with Crippen LogP contribution in [0.1, 0.15) is 12.8 Å². The van der Waals surface area contributed by atoms with Crippen LogP contribution in [0.4, 0.5) is 11.5 Å². The number of methoxy groups -OCH3 is 1. The van der Waals surface area contributed by atoms with Crippen LogP contribution in [-0.4, -0.2) is 48.7 Å². The number of anilines is 2. The van der Waals surface area contributed by atoms with Crippen LogP contribution in [0.25, 0.3) is 10.9 Å². The lowest BCUT2D eigenvalue weighted by atomic mass is 9.98. The molecule has 1 N–H and O–H groups in total. The van der Waals surface area contributed by atoms with Crippen LogP contribution >= 0.6 is 11.6 Å². The zero-order chi connectivity index (χ0) is 24.9. The first-order valence-electron chi connectivity index (χ1n) is 12.0. The summed E-state index contributed by atoms with van der Waals surface area (Å²) in [4.78, 5) is 11.3. The highest BCUT2D eigenvalue weighted by molar-refractivity contribution is 6.32. The quantitative estimate of drug-likeness (QED) is 0.292. The molecule has 1 aromatic heterocycles. The van der Waals surface area contributed by atoms with Crippen molar-refractivity contribution in [2.75, 3.05) is 39.2 Å². The fraction of sp³-hybridized carbons (Fsp3) is 0.286. The SMILES string of the molecule is COc1cc2c(Nc3ccc(Oc4ccccc4)c(Cl)c3)ncnc2cc1OCC1CCN(C)CC1. The Morgan fingerprint density at radius 2 is 1.78 bits per heavy atom. The van der Waals surface area contributed by atoms with Gasteiger partial charge in [-0.15, -0.1) is 0 Å². The van der Waals surface area contributed by atoms with E-state index in [0.29, 0.717) is 40.6 Å². The van der Waals surface area contributed by atoms with Gasteiger partial charge in [-0.1, -0.05) is 29.8 Å². The number of fused-ring (bicyclic) bond motifs is 1. The van der Waals surface area contributed by atoms with E-state index in [9.17, 15) is 0 Å². The molecule has 0 amide bonds. The van der Waals surface area contributed by atoms with Gasteiger partial charge in [0.25, 0.3) is 0 Å².